The summed E-state index contributed by atoms with van der Waals surface area (Å²) in [4.78, 5) is 8.14. The molecule has 5 nitrogen and oxygen atoms in total. The lowest BCUT2D eigenvalue weighted by Gasteiger charge is -2.25. The van der Waals surface area contributed by atoms with Gasteiger partial charge in [-0.3, -0.25) is 0 Å². The third kappa shape index (κ3) is 3.88. The molecular formula is C9H11ClF3N3O2. The van der Waals surface area contributed by atoms with E-state index in [0.717, 1.165) is 11.2 Å². The van der Waals surface area contributed by atoms with Crippen LogP contribution >= 0.6 is 11.6 Å². The molecule has 1 aromatic rings. The Balaban J connectivity index is 3.09. The molecular weight excluding hydrogens is 275 g/mol. The molecule has 1 N–H and O–H groups in total. The minimum absolute atomic E-state index is 0.0585. The predicted molar refractivity (Wildman–Crippen MR) is 58.9 cm³/mol. The first-order valence-electron chi connectivity index (χ1n) is 4.86. The fourth-order valence-corrected chi connectivity index (χ4v) is 1.55. The van der Waals surface area contributed by atoms with Gasteiger partial charge >= 0.3 is 6.18 Å². The molecule has 102 valence electrons. The second-order valence-corrected chi connectivity index (χ2v) is 3.64. The van der Waals surface area contributed by atoms with Crippen molar-refractivity contribution in [3.63, 3.8) is 0 Å². The van der Waals surface area contributed by atoms with Crippen LogP contribution in [0.5, 0.6) is 5.75 Å². The third-order valence-electron chi connectivity index (χ3n) is 1.99. The van der Waals surface area contributed by atoms with Crippen molar-refractivity contribution in [3.05, 3.63) is 11.5 Å². The van der Waals surface area contributed by atoms with Crippen LogP contribution in [0.25, 0.3) is 0 Å². The van der Waals surface area contributed by atoms with E-state index in [9.17, 15) is 13.2 Å². The smallest absolute Gasteiger partial charge is 0.405 e. The van der Waals surface area contributed by atoms with Gasteiger partial charge in [0.2, 0.25) is 0 Å². The maximum Gasteiger partial charge on any atom is 0.405 e. The Bertz CT molecular complexity index is 403. The first kappa shape index (κ1) is 14.8. The number of aliphatic hydroxyl groups is 1. The molecule has 0 aromatic carbocycles. The molecule has 0 aliphatic rings. The van der Waals surface area contributed by atoms with E-state index in [1.54, 1.807) is 0 Å². The van der Waals surface area contributed by atoms with Crippen LogP contribution in [-0.4, -0.2) is 48.1 Å². The van der Waals surface area contributed by atoms with Gasteiger partial charge in [-0.2, -0.15) is 13.2 Å². The molecule has 0 aliphatic carbocycles. The Morgan fingerprint density at radius 3 is 2.61 bits per heavy atom. The van der Waals surface area contributed by atoms with Gasteiger partial charge in [0.05, 0.1) is 13.7 Å². The van der Waals surface area contributed by atoms with E-state index in [1.165, 1.54) is 7.11 Å². The third-order valence-corrected chi connectivity index (χ3v) is 2.25. The Morgan fingerprint density at radius 1 is 1.44 bits per heavy atom. The number of ether oxygens (including phenoxy) is 1. The molecule has 18 heavy (non-hydrogen) atoms. The number of anilines is 1. The summed E-state index contributed by atoms with van der Waals surface area (Å²) in [5.74, 6) is -0.166. The number of rotatable bonds is 5. The molecule has 0 spiro atoms. The molecule has 0 bridgehead atoms. The van der Waals surface area contributed by atoms with Gasteiger partial charge in [-0.05, 0) is 0 Å². The number of aromatic nitrogens is 2. The molecule has 0 saturated carbocycles. The highest BCUT2D eigenvalue weighted by atomic mass is 35.5. The van der Waals surface area contributed by atoms with Gasteiger partial charge in [0.1, 0.15) is 12.9 Å². The predicted octanol–water partition coefficient (Wildman–Crippen LogP) is 1.50. The number of hydrogen-bond donors (Lipinski definition) is 1. The van der Waals surface area contributed by atoms with E-state index >= 15 is 0 Å². The van der Waals surface area contributed by atoms with Gasteiger partial charge in [-0.25, -0.2) is 9.97 Å². The van der Waals surface area contributed by atoms with Crippen molar-refractivity contribution < 1.29 is 23.0 Å². The molecule has 1 aromatic heterocycles. The van der Waals surface area contributed by atoms with Crippen molar-refractivity contribution >= 4 is 17.4 Å². The molecule has 1 rings (SSSR count). The molecule has 0 unspecified atom stereocenters. The first-order chi connectivity index (χ1) is 8.39. The summed E-state index contributed by atoms with van der Waals surface area (Å²) in [6.07, 6.45) is -3.40. The highest BCUT2D eigenvalue weighted by Gasteiger charge is 2.32. The molecule has 0 atom stereocenters. The normalized spacial score (nSPS) is 11.4. The lowest BCUT2D eigenvalue weighted by Crippen LogP contribution is -2.37. The standard InChI is InChI=1S/C9H11ClF3N3O2/c1-18-6-7(10)14-5-15-8(6)16(2-3-17)4-9(11,12)13/h5,17H,2-4H2,1H3. The Kier molecular flexibility index (Phi) is 4.97. The monoisotopic (exact) mass is 285 g/mol. The van der Waals surface area contributed by atoms with Crippen LogP contribution < -0.4 is 9.64 Å². The van der Waals surface area contributed by atoms with Crippen LogP contribution in [0.1, 0.15) is 0 Å². The van der Waals surface area contributed by atoms with Gasteiger partial charge < -0.3 is 14.7 Å². The second-order valence-electron chi connectivity index (χ2n) is 3.28. The summed E-state index contributed by atoms with van der Waals surface area (Å²) >= 11 is 5.70. The van der Waals surface area contributed by atoms with E-state index in [0.29, 0.717) is 0 Å². The number of hydrogen-bond acceptors (Lipinski definition) is 5. The number of alkyl halides is 3. The minimum Gasteiger partial charge on any atom is -0.490 e. The van der Waals surface area contributed by atoms with Gasteiger partial charge in [0, 0.05) is 6.54 Å². The summed E-state index contributed by atoms with van der Waals surface area (Å²) < 4.78 is 42.1. The van der Waals surface area contributed by atoms with Crippen molar-refractivity contribution in [2.75, 3.05) is 31.7 Å². The van der Waals surface area contributed by atoms with E-state index in [4.69, 9.17) is 21.4 Å². The zero-order chi connectivity index (χ0) is 13.8. The summed E-state index contributed by atoms with van der Waals surface area (Å²) in [6, 6.07) is 0. The van der Waals surface area contributed by atoms with Crippen molar-refractivity contribution in [1.82, 2.24) is 9.97 Å². The van der Waals surface area contributed by atoms with Crippen molar-refractivity contribution in [2.24, 2.45) is 0 Å². The van der Waals surface area contributed by atoms with E-state index in [2.05, 4.69) is 9.97 Å². The first-order valence-corrected chi connectivity index (χ1v) is 5.24. The molecule has 9 heteroatoms. The maximum absolute atomic E-state index is 12.4. The molecule has 0 saturated heterocycles. The van der Waals surface area contributed by atoms with Gasteiger partial charge in [-0.1, -0.05) is 11.6 Å². The summed E-state index contributed by atoms with van der Waals surface area (Å²) in [5, 5.41) is 8.71. The van der Waals surface area contributed by atoms with Crippen LogP contribution in [0.3, 0.4) is 0 Å². The van der Waals surface area contributed by atoms with Crippen LogP contribution in [0.2, 0.25) is 5.15 Å². The molecule has 0 fully saturated rings. The number of nitrogens with zero attached hydrogens (tertiary/aromatic N) is 3. The minimum atomic E-state index is -4.43. The molecule has 0 amide bonds. The zero-order valence-corrected chi connectivity index (χ0v) is 10.2. The summed E-state index contributed by atoms with van der Waals surface area (Å²) in [5.41, 5.74) is 0. The number of aliphatic hydroxyl groups excluding tert-OH is 1. The van der Waals surface area contributed by atoms with Crippen LogP contribution in [-0.2, 0) is 0 Å². The molecule has 0 aliphatic heterocycles. The van der Waals surface area contributed by atoms with E-state index in [1.807, 2.05) is 0 Å². The van der Waals surface area contributed by atoms with Gasteiger partial charge in [-0.15, -0.1) is 0 Å². The SMILES string of the molecule is COc1c(Cl)ncnc1N(CCO)CC(F)(F)F. The maximum atomic E-state index is 12.4. The Morgan fingerprint density at radius 2 is 2.11 bits per heavy atom. The zero-order valence-electron chi connectivity index (χ0n) is 9.41. The van der Waals surface area contributed by atoms with Crippen LogP contribution in [0, 0.1) is 0 Å². The number of halogens is 4. The second kappa shape index (κ2) is 6.05. The van der Waals surface area contributed by atoms with Crippen LogP contribution in [0.15, 0.2) is 6.33 Å². The Hall–Kier alpha value is -1.28. The fourth-order valence-electron chi connectivity index (χ4n) is 1.34. The average molecular weight is 286 g/mol. The quantitative estimate of drug-likeness (QED) is 0.831. The fraction of sp³-hybridized carbons (Fsp3) is 0.556. The van der Waals surface area contributed by atoms with Gasteiger partial charge in [0.15, 0.2) is 16.7 Å². The molecule has 1 heterocycles. The van der Waals surface area contributed by atoms with Crippen molar-refractivity contribution in [3.8, 4) is 5.75 Å². The largest absolute Gasteiger partial charge is 0.490 e. The highest BCUT2D eigenvalue weighted by Crippen LogP contribution is 2.32. The average Bonchev–Trinajstić information content (AvgIpc) is 2.26. The summed E-state index contributed by atoms with van der Waals surface area (Å²) in [6.45, 7) is -1.97. The topological polar surface area (TPSA) is 58.5 Å². The molecule has 0 radical (unpaired) electrons. The van der Waals surface area contributed by atoms with E-state index < -0.39 is 19.3 Å². The van der Waals surface area contributed by atoms with Crippen molar-refractivity contribution in [1.29, 1.82) is 0 Å². The lowest BCUT2D eigenvalue weighted by atomic mass is 10.4. The Labute approximate surface area is 106 Å². The van der Waals surface area contributed by atoms with E-state index in [-0.39, 0.29) is 23.3 Å². The van der Waals surface area contributed by atoms with Crippen LogP contribution in [0.4, 0.5) is 19.0 Å². The highest BCUT2D eigenvalue weighted by molar-refractivity contribution is 6.31. The summed E-state index contributed by atoms with van der Waals surface area (Å²) in [7, 11) is 1.25. The van der Waals surface area contributed by atoms with Gasteiger partial charge in [0.25, 0.3) is 0 Å². The number of methoxy groups -OCH3 is 1. The van der Waals surface area contributed by atoms with Crippen molar-refractivity contribution in [2.45, 2.75) is 6.18 Å². The lowest BCUT2D eigenvalue weighted by molar-refractivity contribution is -0.120.